The molecule has 0 aromatic heterocycles. The predicted molar refractivity (Wildman–Crippen MR) is 163 cm³/mol. The van der Waals surface area contributed by atoms with Crippen LogP contribution in [0.15, 0.2) is 77.7 Å². The van der Waals surface area contributed by atoms with Crippen LogP contribution in [0.25, 0.3) is 0 Å². The monoisotopic (exact) mass is 599 g/mol. The number of nitrogens with one attached hydrogen (secondary N) is 1. The van der Waals surface area contributed by atoms with Gasteiger partial charge in [0.2, 0.25) is 11.8 Å². The summed E-state index contributed by atoms with van der Waals surface area (Å²) in [5, 5.41) is 3.31. The first-order chi connectivity index (χ1) is 19.2. The molecule has 220 valence electrons. The third kappa shape index (κ3) is 8.47. The van der Waals surface area contributed by atoms with Crippen molar-refractivity contribution in [3.63, 3.8) is 0 Å². The van der Waals surface area contributed by atoms with Gasteiger partial charge in [-0.25, -0.2) is 8.42 Å². The number of rotatable bonds is 11. The van der Waals surface area contributed by atoms with E-state index in [1.165, 1.54) is 29.2 Å². The summed E-state index contributed by atoms with van der Waals surface area (Å²) in [6.07, 6.45) is 0. The average molecular weight is 600 g/mol. The van der Waals surface area contributed by atoms with Gasteiger partial charge >= 0.3 is 0 Å². The molecule has 1 unspecified atom stereocenters. The fourth-order valence-electron chi connectivity index (χ4n) is 4.25. The van der Waals surface area contributed by atoms with E-state index in [4.69, 9.17) is 16.3 Å². The molecule has 3 rings (SSSR count). The van der Waals surface area contributed by atoms with Gasteiger partial charge in [-0.05, 0) is 83.5 Å². The first-order valence-corrected chi connectivity index (χ1v) is 15.2. The number of benzene rings is 3. The van der Waals surface area contributed by atoms with Crippen LogP contribution in [-0.4, -0.2) is 49.9 Å². The molecule has 2 amide bonds. The second-order valence-corrected chi connectivity index (χ2v) is 13.1. The summed E-state index contributed by atoms with van der Waals surface area (Å²) in [5.41, 5.74) is 1.50. The Bertz CT molecular complexity index is 1470. The third-order valence-corrected chi connectivity index (χ3v) is 8.24. The number of hydrogen-bond donors (Lipinski definition) is 1. The Morgan fingerprint density at radius 3 is 2.27 bits per heavy atom. The SMILES string of the molecule is CCOc1ccccc1N(CC(=O)N(Cc1cccc(C)c1)C(C)C(=O)NC(C)(C)C)S(=O)(=O)c1ccc(Cl)cc1. The highest BCUT2D eigenvalue weighted by Crippen LogP contribution is 2.33. The molecular formula is C31H38ClN3O5S. The van der Waals surface area contributed by atoms with Crippen molar-refractivity contribution in [1.82, 2.24) is 10.2 Å². The molecule has 0 radical (unpaired) electrons. The zero-order valence-electron chi connectivity index (χ0n) is 24.3. The summed E-state index contributed by atoms with van der Waals surface area (Å²) in [4.78, 5) is 28.7. The Kier molecular flexibility index (Phi) is 10.4. The molecule has 0 heterocycles. The summed E-state index contributed by atoms with van der Waals surface area (Å²) in [5.74, 6) is -0.587. The molecule has 1 N–H and O–H groups in total. The lowest BCUT2D eigenvalue weighted by atomic mass is 10.1. The van der Waals surface area contributed by atoms with Crippen LogP contribution in [0.2, 0.25) is 5.02 Å². The minimum absolute atomic E-state index is 0.0373. The first-order valence-electron chi connectivity index (χ1n) is 13.4. The number of sulfonamides is 1. The van der Waals surface area contributed by atoms with Gasteiger partial charge in [-0.2, -0.15) is 0 Å². The van der Waals surface area contributed by atoms with E-state index in [1.54, 1.807) is 38.1 Å². The molecule has 0 aliphatic heterocycles. The Morgan fingerprint density at radius 2 is 1.66 bits per heavy atom. The Balaban J connectivity index is 2.09. The topological polar surface area (TPSA) is 96.0 Å². The van der Waals surface area contributed by atoms with Crippen LogP contribution in [0.5, 0.6) is 5.75 Å². The zero-order valence-corrected chi connectivity index (χ0v) is 25.9. The number of halogens is 1. The fourth-order valence-corrected chi connectivity index (χ4v) is 5.80. The minimum atomic E-state index is -4.25. The second kappa shape index (κ2) is 13.4. The molecule has 3 aromatic carbocycles. The van der Waals surface area contributed by atoms with Gasteiger partial charge in [0, 0.05) is 17.1 Å². The van der Waals surface area contributed by atoms with Crippen molar-refractivity contribution in [2.45, 2.75) is 64.6 Å². The lowest BCUT2D eigenvalue weighted by Gasteiger charge is -2.33. The van der Waals surface area contributed by atoms with Crippen molar-refractivity contribution in [2.24, 2.45) is 0 Å². The van der Waals surface area contributed by atoms with E-state index in [1.807, 2.05) is 52.0 Å². The van der Waals surface area contributed by atoms with Gasteiger partial charge in [0.25, 0.3) is 10.0 Å². The summed E-state index contributed by atoms with van der Waals surface area (Å²) in [6.45, 7) is 10.8. The number of aryl methyl sites for hydroxylation is 1. The summed E-state index contributed by atoms with van der Waals surface area (Å²) >= 11 is 6.02. The van der Waals surface area contributed by atoms with E-state index in [-0.39, 0.29) is 23.0 Å². The number of ether oxygens (including phenoxy) is 1. The third-order valence-electron chi connectivity index (χ3n) is 6.22. The van der Waals surface area contributed by atoms with Crippen LogP contribution in [0.4, 0.5) is 5.69 Å². The van der Waals surface area contributed by atoms with E-state index in [9.17, 15) is 18.0 Å². The quantitative estimate of drug-likeness (QED) is 0.311. The van der Waals surface area contributed by atoms with Gasteiger partial charge in [-0.3, -0.25) is 13.9 Å². The fraction of sp³-hybridized carbons (Fsp3) is 0.355. The number of amides is 2. The van der Waals surface area contributed by atoms with Gasteiger partial charge in [0.05, 0.1) is 17.2 Å². The van der Waals surface area contributed by atoms with Gasteiger partial charge in [0.15, 0.2) is 0 Å². The van der Waals surface area contributed by atoms with Crippen LogP contribution in [-0.2, 0) is 26.2 Å². The maximum absolute atomic E-state index is 14.1. The molecule has 0 aliphatic carbocycles. The number of nitrogens with zero attached hydrogens (tertiary/aromatic N) is 2. The first kappa shape index (κ1) is 32.0. The van der Waals surface area contributed by atoms with E-state index >= 15 is 0 Å². The van der Waals surface area contributed by atoms with E-state index in [0.29, 0.717) is 17.4 Å². The number of anilines is 1. The van der Waals surface area contributed by atoms with Gasteiger partial charge < -0.3 is 15.0 Å². The number of hydrogen-bond acceptors (Lipinski definition) is 5. The highest BCUT2D eigenvalue weighted by molar-refractivity contribution is 7.92. The molecule has 8 nitrogen and oxygen atoms in total. The standard InChI is InChI=1S/C31H38ClN3O5S/c1-7-40-28-14-9-8-13-27(28)35(41(38,39)26-17-15-25(32)16-18-26)21-29(36)34(20-24-12-10-11-22(2)19-24)23(3)30(37)33-31(4,5)6/h8-19,23H,7,20-21H2,1-6H3,(H,33,37). The van der Waals surface area contributed by atoms with Crippen molar-refractivity contribution in [2.75, 3.05) is 17.5 Å². The smallest absolute Gasteiger partial charge is 0.264 e. The Hall–Kier alpha value is -3.56. The molecule has 0 saturated carbocycles. The highest BCUT2D eigenvalue weighted by Gasteiger charge is 2.34. The summed E-state index contributed by atoms with van der Waals surface area (Å²) in [6, 6.07) is 19.1. The molecule has 0 saturated heterocycles. The van der Waals surface area contributed by atoms with Crippen LogP contribution in [0, 0.1) is 6.92 Å². The van der Waals surface area contributed by atoms with Crippen molar-refractivity contribution in [3.8, 4) is 5.75 Å². The van der Waals surface area contributed by atoms with Crippen molar-refractivity contribution < 1.29 is 22.7 Å². The molecule has 41 heavy (non-hydrogen) atoms. The zero-order chi connectivity index (χ0) is 30.4. The normalized spacial score (nSPS) is 12.4. The maximum atomic E-state index is 14.1. The molecule has 0 fully saturated rings. The number of carbonyl (C=O) groups is 2. The average Bonchev–Trinajstić information content (AvgIpc) is 2.90. The Morgan fingerprint density at radius 1 is 1.00 bits per heavy atom. The molecule has 10 heteroatoms. The summed E-state index contributed by atoms with van der Waals surface area (Å²) in [7, 11) is -4.25. The molecule has 0 bridgehead atoms. The Labute approximate surface area is 248 Å². The van der Waals surface area contributed by atoms with Crippen LogP contribution in [0.3, 0.4) is 0 Å². The molecular weight excluding hydrogens is 562 g/mol. The van der Waals surface area contributed by atoms with Crippen molar-refractivity contribution in [1.29, 1.82) is 0 Å². The van der Waals surface area contributed by atoms with Gasteiger partial charge in [-0.15, -0.1) is 0 Å². The molecule has 0 spiro atoms. The number of carbonyl (C=O) groups excluding carboxylic acids is 2. The van der Waals surface area contributed by atoms with Crippen LogP contribution in [0.1, 0.15) is 45.7 Å². The molecule has 0 aliphatic rings. The summed E-state index contributed by atoms with van der Waals surface area (Å²) < 4.78 is 34.8. The lowest BCUT2D eigenvalue weighted by Crippen LogP contribution is -2.54. The van der Waals surface area contributed by atoms with E-state index in [0.717, 1.165) is 15.4 Å². The molecule has 3 aromatic rings. The minimum Gasteiger partial charge on any atom is -0.492 e. The predicted octanol–water partition coefficient (Wildman–Crippen LogP) is 5.57. The highest BCUT2D eigenvalue weighted by atomic mass is 35.5. The maximum Gasteiger partial charge on any atom is 0.264 e. The van der Waals surface area contributed by atoms with E-state index in [2.05, 4.69) is 5.32 Å². The lowest BCUT2D eigenvalue weighted by molar-refractivity contribution is -0.140. The van der Waals surface area contributed by atoms with Crippen LogP contribution < -0.4 is 14.4 Å². The largest absolute Gasteiger partial charge is 0.492 e. The van der Waals surface area contributed by atoms with Crippen molar-refractivity contribution >= 4 is 39.1 Å². The molecule has 1 atom stereocenters. The van der Waals surface area contributed by atoms with Gasteiger partial charge in [-0.1, -0.05) is 53.6 Å². The van der Waals surface area contributed by atoms with Crippen molar-refractivity contribution in [3.05, 3.63) is 88.9 Å². The second-order valence-electron chi connectivity index (χ2n) is 10.8. The van der Waals surface area contributed by atoms with Gasteiger partial charge in [0.1, 0.15) is 18.3 Å². The van der Waals surface area contributed by atoms with Crippen LogP contribution >= 0.6 is 11.6 Å². The number of para-hydroxylation sites is 2. The van der Waals surface area contributed by atoms with E-state index < -0.39 is 34.1 Å².